The van der Waals surface area contributed by atoms with Gasteiger partial charge in [0.15, 0.2) is 0 Å². The van der Waals surface area contributed by atoms with Crippen molar-refractivity contribution in [2.45, 2.75) is 38.3 Å². The van der Waals surface area contributed by atoms with E-state index in [1.807, 2.05) is 50.6 Å². The maximum Gasteiger partial charge on any atom is 0.224 e. The highest BCUT2D eigenvalue weighted by atomic mass is 16.3. The van der Waals surface area contributed by atoms with Crippen LogP contribution in [0, 0.1) is 18.8 Å². The van der Waals surface area contributed by atoms with Crippen LogP contribution < -0.4 is 4.90 Å². The summed E-state index contributed by atoms with van der Waals surface area (Å²) in [7, 11) is 3.89. The molecule has 1 saturated heterocycles. The molecule has 2 aliphatic rings. The van der Waals surface area contributed by atoms with E-state index in [2.05, 4.69) is 25.9 Å². The summed E-state index contributed by atoms with van der Waals surface area (Å²) in [5.74, 6) is 1.18. The van der Waals surface area contributed by atoms with Crippen LogP contribution in [0.5, 0.6) is 0 Å². The maximum atomic E-state index is 11.7. The van der Waals surface area contributed by atoms with Crippen molar-refractivity contribution >= 4 is 5.95 Å². The van der Waals surface area contributed by atoms with Crippen molar-refractivity contribution in [2.24, 2.45) is 11.8 Å². The van der Waals surface area contributed by atoms with Crippen molar-refractivity contribution in [3.05, 3.63) is 47.5 Å². The summed E-state index contributed by atoms with van der Waals surface area (Å²) in [5.41, 5.74) is 2.30. The van der Waals surface area contributed by atoms with Crippen molar-refractivity contribution in [1.82, 2.24) is 19.9 Å². The number of piperidine rings is 1. The summed E-state index contributed by atoms with van der Waals surface area (Å²) in [5, 5.41) is 11.7. The van der Waals surface area contributed by atoms with Crippen LogP contribution >= 0.6 is 0 Å². The minimum Gasteiger partial charge on any atom is -0.383 e. The third-order valence-corrected chi connectivity index (χ3v) is 6.13. The SMILES string of the molecule is Cc1ccc(C2(O)[C@@H]3CCC[C@@H]2CN(Cc2cnc(N(C)C)nc2)C3)nc1. The standard InChI is InChI=1S/C21H29N5O/c1-15-7-8-19(22-9-15)21(27)17-5-4-6-18(21)14-26(13-17)12-16-10-23-20(24-11-16)25(2)3/h7-11,17-18,27H,4-6,12-14H2,1-3H3/t17-,18-/m1/s1. The second-order valence-corrected chi connectivity index (χ2v) is 8.35. The molecule has 1 aliphatic carbocycles. The number of hydrogen-bond donors (Lipinski definition) is 1. The monoisotopic (exact) mass is 367 g/mol. The molecule has 2 atom stereocenters. The van der Waals surface area contributed by atoms with Crippen molar-refractivity contribution in [1.29, 1.82) is 0 Å². The number of aryl methyl sites for hydroxylation is 1. The van der Waals surface area contributed by atoms with E-state index >= 15 is 0 Å². The van der Waals surface area contributed by atoms with Gasteiger partial charge in [-0.3, -0.25) is 9.88 Å². The average Bonchev–Trinajstić information content (AvgIpc) is 2.63. The Morgan fingerprint density at radius 1 is 1.07 bits per heavy atom. The second kappa shape index (κ2) is 7.17. The molecule has 4 rings (SSSR count). The highest BCUT2D eigenvalue weighted by Gasteiger charge is 2.52. The molecule has 0 aromatic carbocycles. The summed E-state index contributed by atoms with van der Waals surface area (Å²) < 4.78 is 0. The maximum absolute atomic E-state index is 11.7. The average molecular weight is 367 g/mol. The van der Waals surface area contributed by atoms with Gasteiger partial charge in [-0.1, -0.05) is 12.5 Å². The van der Waals surface area contributed by atoms with Crippen molar-refractivity contribution in [3.63, 3.8) is 0 Å². The van der Waals surface area contributed by atoms with Crippen LogP contribution in [0.3, 0.4) is 0 Å². The van der Waals surface area contributed by atoms with Crippen LogP contribution in [0.25, 0.3) is 0 Å². The Labute approximate surface area is 161 Å². The largest absolute Gasteiger partial charge is 0.383 e. The predicted octanol–water partition coefficient (Wildman–Crippen LogP) is 2.37. The quantitative estimate of drug-likeness (QED) is 0.895. The van der Waals surface area contributed by atoms with Gasteiger partial charge in [-0.05, 0) is 31.4 Å². The van der Waals surface area contributed by atoms with Crippen molar-refractivity contribution in [3.8, 4) is 0 Å². The zero-order valence-corrected chi connectivity index (χ0v) is 16.5. The molecule has 6 heteroatoms. The first-order chi connectivity index (χ1) is 13.0. The van der Waals surface area contributed by atoms with E-state index in [1.165, 1.54) is 6.42 Å². The van der Waals surface area contributed by atoms with Gasteiger partial charge in [0.05, 0.1) is 5.69 Å². The molecule has 1 aliphatic heterocycles. The van der Waals surface area contributed by atoms with Gasteiger partial charge in [-0.2, -0.15) is 0 Å². The molecule has 0 spiro atoms. The Kier molecular flexibility index (Phi) is 4.86. The molecule has 27 heavy (non-hydrogen) atoms. The molecular weight excluding hydrogens is 338 g/mol. The van der Waals surface area contributed by atoms with E-state index in [-0.39, 0.29) is 11.8 Å². The van der Waals surface area contributed by atoms with Gasteiger partial charge in [-0.25, -0.2) is 9.97 Å². The fraction of sp³-hybridized carbons (Fsp3) is 0.571. The number of pyridine rings is 1. The first-order valence-electron chi connectivity index (χ1n) is 9.83. The van der Waals surface area contributed by atoms with Crippen LogP contribution in [0.2, 0.25) is 0 Å². The Balaban J connectivity index is 1.51. The second-order valence-electron chi connectivity index (χ2n) is 8.35. The van der Waals surface area contributed by atoms with Gasteiger partial charge in [0.25, 0.3) is 0 Å². The summed E-state index contributed by atoms with van der Waals surface area (Å²) in [4.78, 5) is 17.8. The van der Waals surface area contributed by atoms with Crippen LogP contribution in [-0.2, 0) is 12.1 Å². The van der Waals surface area contributed by atoms with Crippen molar-refractivity contribution in [2.75, 3.05) is 32.1 Å². The topological polar surface area (TPSA) is 65.4 Å². The Bertz CT molecular complexity index is 760. The molecule has 1 N–H and O–H groups in total. The molecule has 0 radical (unpaired) electrons. The molecule has 6 nitrogen and oxygen atoms in total. The number of rotatable bonds is 4. The highest BCUT2D eigenvalue weighted by molar-refractivity contribution is 5.27. The van der Waals surface area contributed by atoms with Crippen LogP contribution in [0.15, 0.2) is 30.7 Å². The number of hydrogen-bond acceptors (Lipinski definition) is 6. The number of likely N-dealkylation sites (tertiary alicyclic amines) is 1. The lowest BCUT2D eigenvalue weighted by Gasteiger charge is -2.52. The van der Waals surface area contributed by atoms with E-state index in [4.69, 9.17) is 0 Å². The Hall–Kier alpha value is -2.05. The molecule has 2 aromatic rings. The van der Waals surface area contributed by atoms with Gasteiger partial charge >= 0.3 is 0 Å². The van der Waals surface area contributed by atoms with E-state index in [1.54, 1.807) is 0 Å². The van der Waals surface area contributed by atoms with E-state index in [9.17, 15) is 5.11 Å². The fourth-order valence-corrected chi connectivity index (χ4v) is 4.71. The smallest absolute Gasteiger partial charge is 0.224 e. The summed E-state index contributed by atoms with van der Waals surface area (Å²) in [6.45, 7) is 4.64. The number of aromatic nitrogens is 3. The summed E-state index contributed by atoms with van der Waals surface area (Å²) in [6.07, 6.45) is 9.00. The fourth-order valence-electron chi connectivity index (χ4n) is 4.71. The molecular formula is C21H29N5O. The van der Waals surface area contributed by atoms with Gasteiger partial charge in [0.1, 0.15) is 5.60 Å². The number of anilines is 1. The molecule has 0 amide bonds. The summed E-state index contributed by atoms with van der Waals surface area (Å²) >= 11 is 0. The minimum atomic E-state index is -0.798. The van der Waals surface area contributed by atoms with Gasteiger partial charge < -0.3 is 10.0 Å². The number of fused-ring (bicyclic) bond motifs is 2. The number of aliphatic hydroxyl groups is 1. The molecule has 2 fully saturated rings. The normalized spacial score (nSPS) is 28.1. The first-order valence-corrected chi connectivity index (χ1v) is 9.83. The van der Waals surface area contributed by atoms with Gasteiger partial charge in [0, 0.05) is 69.7 Å². The first kappa shape index (κ1) is 18.3. The third-order valence-electron chi connectivity index (χ3n) is 6.13. The predicted molar refractivity (Wildman–Crippen MR) is 105 cm³/mol. The zero-order chi connectivity index (χ0) is 19.0. The highest BCUT2D eigenvalue weighted by Crippen LogP contribution is 2.48. The Morgan fingerprint density at radius 3 is 2.30 bits per heavy atom. The molecule has 0 unspecified atom stereocenters. The van der Waals surface area contributed by atoms with Crippen molar-refractivity contribution < 1.29 is 5.11 Å². The van der Waals surface area contributed by atoms with E-state index in [0.717, 1.165) is 55.2 Å². The molecule has 2 aromatic heterocycles. The zero-order valence-electron chi connectivity index (χ0n) is 16.5. The molecule has 144 valence electrons. The van der Waals surface area contributed by atoms with Gasteiger partial charge in [-0.15, -0.1) is 0 Å². The lowest BCUT2D eigenvalue weighted by atomic mass is 9.64. The Morgan fingerprint density at radius 2 is 1.74 bits per heavy atom. The van der Waals surface area contributed by atoms with Crippen LogP contribution in [-0.4, -0.2) is 52.1 Å². The van der Waals surface area contributed by atoms with E-state index in [0.29, 0.717) is 0 Å². The van der Waals surface area contributed by atoms with Crippen LogP contribution in [0.1, 0.15) is 36.1 Å². The van der Waals surface area contributed by atoms with Gasteiger partial charge in [0.2, 0.25) is 5.95 Å². The lowest BCUT2D eigenvalue weighted by molar-refractivity contribution is -0.151. The number of nitrogens with zero attached hydrogens (tertiary/aromatic N) is 5. The lowest BCUT2D eigenvalue weighted by Crippen LogP contribution is -2.58. The third kappa shape index (κ3) is 3.44. The molecule has 3 heterocycles. The summed E-state index contributed by atoms with van der Waals surface area (Å²) in [6, 6.07) is 4.08. The van der Waals surface area contributed by atoms with Crippen LogP contribution in [0.4, 0.5) is 5.95 Å². The minimum absolute atomic E-state index is 0.224. The van der Waals surface area contributed by atoms with E-state index < -0.39 is 5.60 Å². The molecule has 1 saturated carbocycles. The molecule has 2 bridgehead atoms.